The Kier molecular flexibility index (Phi) is 3.69. The number of hydrogen-bond donors (Lipinski definition) is 2. The van der Waals surface area contributed by atoms with Crippen LogP contribution >= 0.6 is 0 Å². The van der Waals surface area contributed by atoms with Gasteiger partial charge in [-0.25, -0.2) is 0 Å². The summed E-state index contributed by atoms with van der Waals surface area (Å²) in [6, 6.07) is 8.61. The normalized spacial score (nSPS) is 23.6. The van der Waals surface area contributed by atoms with Crippen LogP contribution in [0.25, 0.3) is 11.0 Å². The zero-order valence-corrected chi connectivity index (χ0v) is 11.1. The zero-order chi connectivity index (χ0) is 13.1. The van der Waals surface area contributed by atoms with Gasteiger partial charge in [-0.3, -0.25) is 0 Å². The van der Waals surface area contributed by atoms with E-state index in [1.807, 2.05) is 24.3 Å². The molecule has 0 spiro atoms. The lowest BCUT2D eigenvalue weighted by atomic mass is 9.80. The molecule has 1 aromatic carbocycles. The van der Waals surface area contributed by atoms with Crippen LogP contribution < -0.4 is 10.5 Å². The third kappa shape index (κ3) is 2.73. The van der Waals surface area contributed by atoms with Crippen molar-refractivity contribution in [2.24, 2.45) is 17.6 Å². The number of aromatic nitrogens is 2. The molecule has 0 aliphatic heterocycles. The number of nitrogens with two attached hydrogens (primary N) is 1. The lowest BCUT2D eigenvalue weighted by Gasteiger charge is -2.29. The molecule has 3 rings (SSSR count). The summed E-state index contributed by atoms with van der Waals surface area (Å²) in [6.07, 6.45) is 5.07. The molecule has 1 aliphatic rings. The van der Waals surface area contributed by atoms with E-state index in [1.165, 1.54) is 25.7 Å². The SMILES string of the molecule is NCC1CCCCC1COc1nc2ccccc2[nH]1. The average Bonchev–Trinajstić information content (AvgIpc) is 2.88. The van der Waals surface area contributed by atoms with Crippen LogP contribution in [-0.2, 0) is 0 Å². The molecule has 0 saturated heterocycles. The lowest BCUT2D eigenvalue weighted by Crippen LogP contribution is -2.30. The van der Waals surface area contributed by atoms with Crippen LogP contribution in [0.2, 0.25) is 0 Å². The molecule has 1 fully saturated rings. The van der Waals surface area contributed by atoms with E-state index >= 15 is 0 Å². The number of nitrogens with one attached hydrogen (secondary N) is 1. The summed E-state index contributed by atoms with van der Waals surface area (Å²) in [5.41, 5.74) is 7.82. The van der Waals surface area contributed by atoms with Gasteiger partial charge < -0.3 is 15.5 Å². The number of para-hydroxylation sites is 2. The Morgan fingerprint density at radius 3 is 2.79 bits per heavy atom. The minimum absolute atomic E-state index is 0.576. The molecule has 1 aromatic heterocycles. The Bertz CT molecular complexity index is 504. The summed E-state index contributed by atoms with van der Waals surface area (Å²) in [6.45, 7) is 1.50. The largest absolute Gasteiger partial charge is 0.464 e. The highest BCUT2D eigenvalue weighted by Crippen LogP contribution is 2.29. The maximum absolute atomic E-state index is 5.84. The zero-order valence-electron chi connectivity index (χ0n) is 11.1. The van der Waals surface area contributed by atoms with Crippen molar-refractivity contribution < 1.29 is 4.74 Å². The highest BCUT2D eigenvalue weighted by Gasteiger charge is 2.24. The van der Waals surface area contributed by atoms with Crippen molar-refractivity contribution in [3.05, 3.63) is 24.3 Å². The Morgan fingerprint density at radius 2 is 2.00 bits per heavy atom. The summed E-state index contributed by atoms with van der Waals surface area (Å²) in [4.78, 5) is 7.64. The van der Waals surface area contributed by atoms with Crippen LogP contribution in [0.4, 0.5) is 0 Å². The van der Waals surface area contributed by atoms with Crippen molar-refractivity contribution in [1.82, 2.24) is 9.97 Å². The van der Waals surface area contributed by atoms with Crippen molar-refractivity contribution in [1.29, 1.82) is 0 Å². The van der Waals surface area contributed by atoms with Gasteiger partial charge in [-0.2, -0.15) is 4.98 Å². The fourth-order valence-electron chi connectivity index (χ4n) is 3.00. The molecule has 2 unspecified atom stereocenters. The van der Waals surface area contributed by atoms with E-state index in [2.05, 4.69) is 9.97 Å². The highest BCUT2D eigenvalue weighted by atomic mass is 16.5. The van der Waals surface area contributed by atoms with Gasteiger partial charge in [0.15, 0.2) is 0 Å². The van der Waals surface area contributed by atoms with Gasteiger partial charge in [0.25, 0.3) is 6.01 Å². The molecule has 2 aromatic rings. The van der Waals surface area contributed by atoms with Crippen LogP contribution in [0.1, 0.15) is 25.7 Å². The van der Waals surface area contributed by atoms with Crippen molar-refractivity contribution >= 4 is 11.0 Å². The van der Waals surface area contributed by atoms with Crippen molar-refractivity contribution in [3.63, 3.8) is 0 Å². The van der Waals surface area contributed by atoms with Crippen LogP contribution in [0, 0.1) is 11.8 Å². The van der Waals surface area contributed by atoms with Gasteiger partial charge in [0, 0.05) is 0 Å². The molecule has 0 amide bonds. The first-order valence-corrected chi connectivity index (χ1v) is 7.14. The van der Waals surface area contributed by atoms with Crippen molar-refractivity contribution in [2.75, 3.05) is 13.2 Å². The minimum atomic E-state index is 0.576. The van der Waals surface area contributed by atoms with Gasteiger partial charge in [-0.05, 0) is 43.4 Å². The molecule has 0 bridgehead atoms. The molecule has 4 heteroatoms. The molecule has 3 N–H and O–H groups in total. The van der Waals surface area contributed by atoms with Gasteiger partial charge in [0.1, 0.15) is 0 Å². The maximum atomic E-state index is 5.84. The number of benzene rings is 1. The van der Waals surface area contributed by atoms with E-state index in [-0.39, 0.29) is 0 Å². The Balaban J connectivity index is 1.64. The summed E-state index contributed by atoms with van der Waals surface area (Å²) in [5, 5.41) is 0. The number of rotatable bonds is 4. The standard InChI is InChI=1S/C15H21N3O/c16-9-11-5-1-2-6-12(11)10-19-15-17-13-7-3-4-8-14(13)18-15/h3-4,7-8,11-12H,1-2,5-6,9-10,16H2,(H,17,18). The summed E-state index contributed by atoms with van der Waals surface area (Å²) in [7, 11) is 0. The Hall–Kier alpha value is -1.55. The molecular weight excluding hydrogens is 238 g/mol. The molecule has 1 heterocycles. The molecule has 2 atom stereocenters. The fourth-order valence-corrected chi connectivity index (χ4v) is 3.00. The Labute approximate surface area is 113 Å². The van der Waals surface area contributed by atoms with Crippen molar-refractivity contribution in [3.8, 4) is 6.01 Å². The highest BCUT2D eigenvalue weighted by molar-refractivity contribution is 5.75. The number of hydrogen-bond acceptors (Lipinski definition) is 3. The molecule has 0 radical (unpaired) electrons. The van der Waals surface area contributed by atoms with Gasteiger partial charge in [0.2, 0.25) is 0 Å². The van der Waals surface area contributed by atoms with Gasteiger partial charge >= 0.3 is 0 Å². The van der Waals surface area contributed by atoms with E-state index in [0.29, 0.717) is 17.8 Å². The average molecular weight is 259 g/mol. The van der Waals surface area contributed by atoms with Crippen LogP contribution in [-0.4, -0.2) is 23.1 Å². The monoisotopic (exact) mass is 259 g/mol. The predicted octanol–water partition coefficient (Wildman–Crippen LogP) is 2.71. The predicted molar refractivity (Wildman–Crippen MR) is 76.1 cm³/mol. The van der Waals surface area contributed by atoms with Crippen LogP contribution in [0.15, 0.2) is 24.3 Å². The van der Waals surface area contributed by atoms with Crippen LogP contribution in [0.5, 0.6) is 6.01 Å². The van der Waals surface area contributed by atoms with Crippen LogP contribution in [0.3, 0.4) is 0 Å². The number of aromatic amines is 1. The van der Waals surface area contributed by atoms with Gasteiger partial charge in [0.05, 0.1) is 17.6 Å². The number of H-pyrrole nitrogens is 1. The second-order valence-electron chi connectivity index (χ2n) is 5.41. The number of nitrogens with zero attached hydrogens (tertiary/aromatic N) is 1. The quantitative estimate of drug-likeness (QED) is 0.887. The van der Waals surface area contributed by atoms with E-state index in [0.717, 1.165) is 24.2 Å². The lowest BCUT2D eigenvalue weighted by molar-refractivity contribution is 0.146. The number of imidazole rings is 1. The fraction of sp³-hybridized carbons (Fsp3) is 0.533. The first kappa shape index (κ1) is 12.5. The second kappa shape index (κ2) is 5.61. The molecule has 19 heavy (non-hydrogen) atoms. The summed E-state index contributed by atoms with van der Waals surface area (Å²) in [5.74, 6) is 1.19. The Morgan fingerprint density at radius 1 is 1.21 bits per heavy atom. The second-order valence-corrected chi connectivity index (χ2v) is 5.41. The number of ether oxygens (including phenoxy) is 1. The van der Waals surface area contributed by atoms with E-state index in [1.54, 1.807) is 0 Å². The van der Waals surface area contributed by atoms with E-state index < -0.39 is 0 Å². The smallest absolute Gasteiger partial charge is 0.294 e. The van der Waals surface area contributed by atoms with Gasteiger partial charge in [-0.1, -0.05) is 25.0 Å². The minimum Gasteiger partial charge on any atom is -0.464 e. The maximum Gasteiger partial charge on any atom is 0.294 e. The third-order valence-corrected chi connectivity index (χ3v) is 4.17. The van der Waals surface area contributed by atoms with E-state index in [4.69, 9.17) is 10.5 Å². The first-order chi connectivity index (χ1) is 9.36. The molecule has 4 nitrogen and oxygen atoms in total. The van der Waals surface area contributed by atoms with Gasteiger partial charge in [-0.15, -0.1) is 0 Å². The number of fused-ring (bicyclic) bond motifs is 1. The molecule has 1 aliphatic carbocycles. The summed E-state index contributed by atoms with van der Waals surface area (Å²) >= 11 is 0. The summed E-state index contributed by atoms with van der Waals surface area (Å²) < 4.78 is 5.84. The molecule has 102 valence electrons. The van der Waals surface area contributed by atoms with Crippen molar-refractivity contribution in [2.45, 2.75) is 25.7 Å². The van der Waals surface area contributed by atoms with E-state index in [9.17, 15) is 0 Å². The topological polar surface area (TPSA) is 63.9 Å². The third-order valence-electron chi connectivity index (χ3n) is 4.17. The molecule has 1 saturated carbocycles. The molecular formula is C15H21N3O. The first-order valence-electron chi connectivity index (χ1n) is 7.14.